The number of carboxylic acid groups (broad SMARTS) is 1. The van der Waals surface area contributed by atoms with Gasteiger partial charge in [0.05, 0.1) is 6.61 Å². The number of carbonyl (C=O) groups excluding carboxylic acids is 1. The zero-order valence-corrected chi connectivity index (χ0v) is 11.8. The molecular formula is C15H20N2O4. The molecule has 0 radical (unpaired) electrons. The molecule has 0 unspecified atom stereocenters. The molecule has 2 rings (SSSR count). The van der Waals surface area contributed by atoms with E-state index in [0.29, 0.717) is 32.5 Å². The second-order valence-corrected chi connectivity index (χ2v) is 4.94. The number of amides is 2. The molecule has 1 aromatic rings. The first-order valence-electron chi connectivity index (χ1n) is 7.13. The van der Waals surface area contributed by atoms with E-state index < -0.39 is 12.0 Å². The minimum absolute atomic E-state index is 0.306. The van der Waals surface area contributed by atoms with E-state index in [2.05, 4.69) is 5.32 Å². The van der Waals surface area contributed by atoms with Crippen molar-refractivity contribution in [2.24, 2.45) is 0 Å². The summed E-state index contributed by atoms with van der Waals surface area (Å²) in [6.45, 7) is 1.48. The van der Waals surface area contributed by atoms with Gasteiger partial charge in [0.2, 0.25) is 0 Å². The lowest BCUT2D eigenvalue weighted by atomic mass is 10.2. The van der Waals surface area contributed by atoms with Gasteiger partial charge in [0, 0.05) is 13.1 Å². The Labute approximate surface area is 123 Å². The fourth-order valence-corrected chi connectivity index (χ4v) is 2.34. The molecule has 0 bridgehead atoms. The Balaban J connectivity index is 1.64. The number of hydrogen-bond acceptors (Lipinski definition) is 3. The highest BCUT2D eigenvalue weighted by atomic mass is 16.5. The van der Waals surface area contributed by atoms with E-state index in [1.54, 1.807) is 0 Å². The monoisotopic (exact) mass is 292 g/mol. The Morgan fingerprint density at radius 2 is 2.10 bits per heavy atom. The molecule has 0 aromatic heterocycles. The molecule has 1 heterocycles. The summed E-state index contributed by atoms with van der Waals surface area (Å²) in [5.41, 5.74) is 0. The van der Waals surface area contributed by atoms with Gasteiger partial charge in [0.15, 0.2) is 0 Å². The van der Waals surface area contributed by atoms with Crippen LogP contribution >= 0.6 is 0 Å². The molecule has 114 valence electrons. The molecular weight excluding hydrogens is 272 g/mol. The van der Waals surface area contributed by atoms with Crippen molar-refractivity contribution in [3.8, 4) is 5.75 Å². The number of benzene rings is 1. The predicted molar refractivity (Wildman–Crippen MR) is 77.3 cm³/mol. The molecule has 1 fully saturated rings. The maximum Gasteiger partial charge on any atom is 0.326 e. The van der Waals surface area contributed by atoms with Crippen LogP contribution in [0.4, 0.5) is 4.79 Å². The van der Waals surface area contributed by atoms with Crippen molar-refractivity contribution in [2.75, 3.05) is 19.7 Å². The largest absolute Gasteiger partial charge is 0.494 e. The number of carbonyl (C=O) groups is 2. The van der Waals surface area contributed by atoms with Gasteiger partial charge in [-0.25, -0.2) is 9.59 Å². The molecule has 6 heteroatoms. The van der Waals surface area contributed by atoms with Crippen molar-refractivity contribution in [3.63, 3.8) is 0 Å². The quantitative estimate of drug-likeness (QED) is 0.782. The zero-order chi connectivity index (χ0) is 15.1. The Morgan fingerprint density at radius 3 is 2.81 bits per heavy atom. The number of ether oxygens (including phenoxy) is 1. The second-order valence-electron chi connectivity index (χ2n) is 4.94. The van der Waals surface area contributed by atoms with E-state index in [-0.39, 0.29) is 6.03 Å². The summed E-state index contributed by atoms with van der Waals surface area (Å²) in [6.07, 6.45) is 1.94. The summed E-state index contributed by atoms with van der Waals surface area (Å²) in [5.74, 6) is -0.135. The van der Waals surface area contributed by atoms with Crippen molar-refractivity contribution < 1.29 is 19.4 Å². The van der Waals surface area contributed by atoms with Crippen molar-refractivity contribution >= 4 is 12.0 Å². The summed E-state index contributed by atoms with van der Waals surface area (Å²) in [5, 5.41) is 11.8. The van der Waals surface area contributed by atoms with Gasteiger partial charge in [-0.15, -0.1) is 0 Å². The molecule has 0 saturated carbocycles. The fourth-order valence-electron chi connectivity index (χ4n) is 2.34. The summed E-state index contributed by atoms with van der Waals surface area (Å²) in [4.78, 5) is 24.3. The number of urea groups is 1. The molecule has 1 aliphatic heterocycles. The van der Waals surface area contributed by atoms with Gasteiger partial charge in [0.25, 0.3) is 0 Å². The minimum Gasteiger partial charge on any atom is -0.494 e. The van der Waals surface area contributed by atoms with E-state index in [9.17, 15) is 9.59 Å². The van der Waals surface area contributed by atoms with Crippen molar-refractivity contribution in [3.05, 3.63) is 30.3 Å². The Bertz CT molecular complexity index is 478. The van der Waals surface area contributed by atoms with E-state index in [1.165, 1.54) is 4.90 Å². The number of likely N-dealkylation sites (tertiary alicyclic amines) is 1. The summed E-state index contributed by atoms with van der Waals surface area (Å²) in [7, 11) is 0. The molecule has 0 spiro atoms. The van der Waals surface area contributed by atoms with Crippen LogP contribution in [0, 0.1) is 0 Å². The van der Waals surface area contributed by atoms with Crippen LogP contribution in [0.15, 0.2) is 30.3 Å². The third-order valence-electron chi connectivity index (χ3n) is 3.41. The summed E-state index contributed by atoms with van der Waals surface area (Å²) in [6, 6.07) is 8.47. The molecule has 6 nitrogen and oxygen atoms in total. The maximum atomic E-state index is 11.9. The third-order valence-corrected chi connectivity index (χ3v) is 3.41. The van der Waals surface area contributed by atoms with Gasteiger partial charge in [0.1, 0.15) is 11.8 Å². The molecule has 1 aromatic carbocycles. The Kier molecular flexibility index (Phi) is 5.43. The third kappa shape index (κ3) is 4.37. The van der Waals surface area contributed by atoms with Gasteiger partial charge >= 0.3 is 12.0 Å². The van der Waals surface area contributed by atoms with Crippen LogP contribution in [0.1, 0.15) is 19.3 Å². The molecule has 2 amide bonds. The number of para-hydroxylation sites is 1. The van der Waals surface area contributed by atoms with Crippen molar-refractivity contribution in [2.45, 2.75) is 25.3 Å². The first-order valence-corrected chi connectivity index (χ1v) is 7.13. The van der Waals surface area contributed by atoms with Crippen LogP contribution in [-0.4, -0.2) is 47.7 Å². The van der Waals surface area contributed by atoms with Gasteiger partial charge in [-0.1, -0.05) is 18.2 Å². The Hall–Kier alpha value is -2.24. The normalized spacial score (nSPS) is 17.5. The van der Waals surface area contributed by atoms with Crippen LogP contribution in [-0.2, 0) is 4.79 Å². The molecule has 1 aliphatic rings. The van der Waals surface area contributed by atoms with E-state index >= 15 is 0 Å². The van der Waals surface area contributed by atoms with Gasteiger partial charge in [-0.05, 0) is 31.4 Å². The van der Waals surface area contributed by atoms with Crippen LogP contribution in [0.5, 0.6) is 5.75 Å². The first-order chi connectivity index (χ1) is 10.2. The maximum absolute atomic E-state index is 11.9. The smallest absolute Gasteiger partial charge is 0.326 e. The molecule has 21 heavy (non-hydrogen) atoms. The molecule has 1 atom stereocenters. The number of nitrogens with zero attached hydrogens (tertiary/aromatic N) is 1. The standard InChI is InChI=1S/C15H20N2O4/c18-14(19)13-8-4-10-17(13)15(20)16-9-5-11-21-12-6-2-1-3-7-12/h1-3,6-7,13H,4-5,8-11H2,(H,16,20)(H,18,19)/t13-/m1/s1. The van der Waals surface area contributed by atoms with E-state index in [4.69, 9.17) is 9.84 Å². The number of carboxylic acids is 1. The van der Waals surface area contributed by atoms with Crippen molar-refractivity contribution in [1.82, 2.24) is 10.2 Å². The lowest BCUT2D eigenvalue weighted by Gasteiger charge is -2.21. The number of rotatable bonds is 6. The average molecular weight is 292 g/mol. The van der Waals surface area contributed by atoms with Gasteiger partial charge < -0.3 is 20.1 Å². The van der Waals surface area contributed by atoms with Crippen molar-refractivity contribution in [1.29, 1.82) is 0 Å². The predicted octanol–water partition coefficient (Wildman–Crippen LogP) is 1.71. The Morgan fingerprint density at radius 1 is 1.33 bits per heavy atom. The fraction of sp³-hybridized carbons (Fsp3) is 0.467. The highest BCUT2D eigenvalue weighted by Gasteiger charge is 2.33. The number of hydrogen-bond donors (Lipinski definition) is 2. The van der Waals surface area contributed by atoms with Crippen LogP contribution in [0.2, 0.25) is 0 Å². The number of nitrogens with one attached hydrogen (secondary N) is 1. The average Bonchev–Trinajstić information content (AvgIpc) is 2.97. The molecule has 0 aliphatic carbocycles. The SMILES string of the molecule is O=C(O)[C@H]1CCCN1C(=O)NCCCOc1ccccc1. The summed E-state index contributed by atoms with van der Waals surface area (Å²) >= 11 is 0. The van der Waals surface area contributed by atoms with Gasteiger partial charge in [-0.2, -0.15) is 0 Å². The highest BCUT2D eigenvalue weighted by Crippen LogP contribution is 2.17. The number of aliphatic carboxylic acids is 1. The zero-order valence-electron chi connectivity index (χ0n) is 11.8. The topological polar surface area (TPSA) is 78.9 Å². The first kappa shape index (κ1) is 15.2. The highest BCUT2D eigenvalue weighted by molar-refractivity contribution is 5.83. The van der Waals surface area contributed by atoms with Crippen LogP contribution in [0.25, 0.3) is 0 Å². The van der Waals surface area contributed by atoms with E-state index in [0.717, 1.165) is 12.2 Å². The minimum atomic E-state index is -0.935. The molecule has 1 saturated heterocycles. The lowest BCUT2D eigenvalue weighted by Crippen LogP contribution is -2.46. The summed E-state index contributed by atoms with van der Waals surface area (Å²) < 4.78 is 5.51. The van der Waals surface area contributed by atoms with Crippen LogP contribution < -0.4 is 10.1 Å². The molecule has 2 N–H and O–H groups in total. The van der Waals surface area contributed by atoms with Crippen LogP contribution in [0.3, 0.4) is 0 Å². The van der Waals surface area contributed by atoms with E-state index in [1.807, 2.05) is 30.3 Å². The van der Waals surface area contributed by atoms with Gasteiger partial charge in [-0.3, -0.25) is 0 Å². The lowest BCUT2D eigenvalue weighted by molar-refractivity contribution is -0.141. The second kappa shape index (κ2) is 7.52.